The number of halogens is 1. The van der Waals surface area contributed by atoms with Crippen molar-refractivity contribution >= 4 is 22.5 Å². The third kappa shape index (κ3) is 3.25. The van der Waals surface area contributed by atoms with Crippen LogP contribution in [0.4, 0.5) is 0 Å². The maximum Gasteiger partial charge on any atom is 0.293 e. The number of fused-ring (bicyclic) bond motifs is 1. The lowest BCUT2D eigenvalue weighted by Crippen LogP contribution is -2.26. The van der Waals surface area contributed by atoms with Crippen LogP contribution in [0.3, 0.4) is 0 Å². The molecule has 0 bridgehead atoms. The maximum absolute atomic E-state index is 13.4. The van der Waals surface area contributed by atoms with E-state index in [4.69, 9.17) is 16.7 Å². The Kier molecular flexibility index (Phi) is 4.28. The molecule has 2 aromatic carbocycles. The van der Waals surface area contributed by atoms with Crippen molar-refractivity contribution in [2.24, 2.45) is 0 Å². The van der Waals surface area contributed by atoms with Gasteiger partial charge in [-0.3, -0.25) is 4.79 Å². The van der Waals surface area contributed by atoms with Crippen molar-refractivity contribution < 1.29 is 0 Å². The summed E-state index contributed by atoms with van der Waals surface area (Å²) in [4.78, 5) is 13.4. The van der Waals surface area contributed by atoms with Crippen molar-refractivity contribution in [1.82, 2.24) is 19.6 Å². The summed E-state index contributed by atoms with van der Waals surface area (Å²) in [6, 6.07) is 13.7. The summed E-state index contributed by atoms with van der Waals surface area (Å²) in [6.45, 7) is 4.55. The zero-order valence-corrected chi connectivity index (χ0v) is 17.1. The Balaban J connectivity index is 1.70. The lowest BCUT2D eigenvalue weighted by molar-refractivity contribution is 0.626. The number of aromatic nitrogens is 4. The molecule has 5 rings (SSSR count). The van der Waals surface area contributed by atoms with Gasteiger partial charge in [-0.1, -0.05) is 29.8 Å². The molecule has 1 fully saturated rings. The van der Waals surface area contributed by atoms with E-state index in [2.05, 4.69) is 31.1 Å². The Bertz CT molecular complexity index is 1280. The zero-order valence-electron chi connectivity index (χ0n) is 16.4. The summed E-state index contributed by atoms with van der Waals surface area (Å²) in [6.07, 6.45) is 4.01. The van der Waals surface area contributed by atoms with E-state index in [0.717, 1.165) is 35.2 Å². The highest BCUT2D eigenvalue weighted by molar-refractivity contribution is 6.30. The zero-order chi connectivity index (χ0) is 20.1. The van der Waals surface area contributed by atoms with Gasteiger partial charge in [-0.25, -0.2) is 9.36 Å². The summed E-state index contributed by atoms with van der Waals surface area (Å²) in [7, 11) is 0. The molecule has 29 heavy (non-hydrogen) atoms. The van der Waals surface area contributed by atoms with Crippen LogP contribution in [-0.4, -0.2) is 19.6 Å². The van der Waals surface area contributed by atoms with E-state index in [-0.39, 0.29) is 5.56 Å². The monoisotopic (exact) mass is 404 g/mol. The van der Waals surface area contributed by atoms with E-state index in [9.17, 15) is 4.79 Å². The summed E-state index contributed by atoms with van der Waals surface area (Å²) >= 11 is 6.00. The smallest absolute Gasteiger partial charge is 0.265 e. The third-order valence-electron chi connectivity index (χ3n) is 5.66. The Morgan fingerprint density at radius 2 is 1.83 bits per heavy atom. The number of rotatable bonds is 4. The van der Waals surface area contributed by atoms with E-state index < -0.39 is 0 Å². The van der Waals surface area contributed by atoms with Crippen LogP contribution in [0.15, 0.2) is 53.5 Å². The van der Waals surface area contributed by atoms with Gasteiger partial charge in [-0.2, -0.15) is 10.2 Å². The summed E-state index contributed by atoms with van der Waals surface area (Å²) in [5, 5.41) is 10.9. The Hall–Kier alpha value is -2.92. The van der Waals surface area contributed by atoms with E-state index in [0.29, 0.717) is 23.0 Å². The molecule has 5 nitrogen and oxygen atoms in total. The van der Waals surface area contributed by atoms with Crippen molar-refractivity contribution in [1.29, 1.82) is 0 Å². The third-order valence-corrected chi connectivity index (χ3v) is 5.91. The highest BCUT2D eigenvalue weighted by Gasteiger charge is 2.30. The second-order valence-corrected chi connectivity index (χ2v) is 8.27. The molecular formula is C23H21ClN4O. The minimum atomic E-state index is -0.130. The number of nitrogens with zero attached hydrogens (tertiary/aromatic N) is 4. The molecule has 1 aliphatic rings. The van der Waals surface area contributed by atoms with Crippen LogP contribution >= 0.6 is 11.6 Å². The van der Waals surface area contributed by atoms with Gasteiger partial charge in [0.25, 0.3) is 5.56 Å². The first-order valence-electron chi connectivity index (χ1n) is 9.82. The van der Waals surface area contributed by atoms with Crippen LogP contribution in [-0.2, 0) is 6.54 Å². The summed E-state index contributed by atoms with van der Waals surface area (Å²) < 4.78 is 3.33. The Morgan fingerprint density at radius 3 is 2.52 bits per heavy atom. The van der Waals surface area contributed by atoms with Crippen LogP contribution in [0.2, 0.25) is 5.02 Å². The number of aryl methyl sites for hydroxylation is 2. The van der Waals surface area contributed by atoms with Gasteiger partial charge in [-0.05, 0) is 67.6 Å². The number of hydrogen-bond acceptors (Lipinski definition) is 3. The van der Waals surface area contributed by atoms with Crippen molar-refractivity contribution in [3.8, 4) is 5.69 Å². The molecule has 0 spiro atoms. The second-order valence-electron chi connectivity index (χ2n) is 7.84. The molecule has 1 aliphatic carbocycles. The molecule has 0 aliphatic heterocycles. The van der Waals surface area contributed by atoms with Crippen molar-refractivity contribution in [3.05, 3.63) is 86.4 Å². The fraction of sp³-hybridized carbons (Fsp3) is 0.261. The molecule has 0 atom stereocenters. The average molecular weight is 405 g/mol. The lowest BCUT2D eigenvalue weighted by Gasteiger charge is -2.11. The number of hydrogen-bond donors (Lipinski definition) is 0. The quantitative estimate of drug-likeness (QED) is 0.492. The normalized spacial score (nSPS) is 13.9. The molecule has 0 saturated heterocycles. The predicted molar refractivity (Wildman–Crippen MR) is 115 cm³/mol. The fourth-order valence-electron chi connectivity index (χ4n) is 3.67. The molecule has 0 amide bonds. The van der Waals surface area contributed by atoms with Crippen molar-refractivity contribution in [3.63, 3.8) is 0 Å². The van der Waals surface area contributed by atoms with Gasteiger partial charge < -0.3 is 0 Å². The standard InChI is InChI=1S/C23H21ClN4O/c1-14-3-10-19(11-15(14)2)28-22-20(12-25-28)21(17-6-7-17)26-27(23(22)29)13-16-4-8-18(24)9-5-16/h3-5,8-12,17H,6-7,13H2,1-2H3. The molecule has 0 N–H and O–H groups in total. The highest BCUT2D eigenvalue weighted by Crippen LogP contribution is 2.41. The average Bonchev–Trinajstić information content (AvgIpc) is 3.46. The Morgan fingerprint density at radius 1 is 1.07 bits per heavy atom. The molecular weight excluding hydrogens is 384 g/mol. The first kappa shape index (κ1) is 18.1. The largest absolute Gasteiger partial charge is 0.293 e. The van der Waals surface area contributed by atoms with Crippen molar-refractivity contribution in [2.75, 3.05) is 0 Å². The maximum atomic E-state index is 13.4. The molecule has 0 radical (unpaired) electrons. The molecule has 146 valence electrons. The van der Waals surface area contributed by atoms with E-state index in [1.807, 2.05) is 30.3 Å². The van der Waals surface area contributed by atoms with E-state index in [1.165, 1.54) is 11.1 Å². The minimum absolute atomic E-state index is 0.130. The highest BCUT2D eigenvalue weighted by atomic mass is 35.5. The molecule has 1 saturated carbocycles. The molecule has 6 heteroatoms. The fourth-order valence-corrected chi connectivity index (χ4v) is 3.80. The van der Waals surface area contributed by atoms with Gasteiger partial charge in [-0.15, -0.1) is 0 Å². The summed E-state index contributed by atoms with van der Waals surface area (Å²) in [5.41, 5.74) is 5.71. The summed E-state index contributed by atoms with van der Waals surface area (Å²) in [5.74, 6) is 0.409. The van der Waals surface area contributed by atoms with Gasteiger partial charge in [0.15, 0.2) is 0 Å². The first-order valence-corrected chi connectivity index (χ1v) is 10.2. The van der Waals surface area contributed by atoms with Crippen LogP contribution in [0.1, 0.15) is 41.1 Å². The first-order chi connectivity index (χ1) is 14.0. The second kappa shape index (κ2) is 6.85. The van der Waals surface area contributed by atoms with Crippen LogP contribution in [0.25, 0.3) is 16.6 Å². The van der Waals surface area contributed by atoms with Gasteiger partial charge in [0.05, 0.1) is 24.1 Å². The topological polar surface area (TPSA) is 52.7 Å². The minimum Gasteiger partial charge on any atom is -0.265 e. The van der Waals surface area contributed by atoms with Crippen molar-refractivity contribution in [2.45, 2.75) is 39.2 Å². The Labute approximate surface area is 173 Å². The van der Waals surface area contributed by atoms with Crippen LogP contribution < -0.4 is 5.56 Å². The van der Waals surface area contributed by atoms with Gasteiger partial charge in [0.1, 0.15) is 5.52 Å². The molecule has 0 unspecified atom stereocenters. The van der Waals surface area contributed by atoms with E-state index in [1.54, 1.807) is 15.6 Å². The van der Waals surface area contributed by atoms with Crippen LogP contribution in [0, 0.1) is 13.8 Å². The van der Waals surface area contributed by atoms with Gasteiger partial charge in [0, 0.05) is 16.3 Å². The predicted octanol–water partition coefficient (Wildman–Crippen LogP) is 4.78. The lowest BCUT2D eigenvalue weighted by atomic mass is 10.1. The SMILES string of the molecule is Cc1ccc(-n2ncc3c(C4CC4)nn(Cc4ccc(Cl)cc4)c(=O)c32)cc1C. The molecule has 4 aromatic rings. The molecule has 2 heterocycles. The van der Waals surface area contributed by atoms with E-state index >= 15 is 0 Å². The molecule has 2 aromatic heterocycles. The van der Waals surface area contributed by atoms with Crippen LogP contribution in [0.5, 0.6) is 0 Å². The van der Waals surface area contributed by atoms with Gasteiger partial charge >= 0.3 is 0 Å². The number of benzene rings is 2. The van der Waals surface area contributed by atoms with Gasteiger partial charge in [0.2, 0.25) is 0 Å².